The molecule has 0 spiro atoms. The maximum atomic E-state index is 5.94. The lowest BCUT2D eigenvalue weighted by molar-refractivity contribution is 0.688. The van der Waals surface area contributed by atoms with E-state index in [0.717, 1.165) is 23.1 Å². The number of aryl methyl sites for hydroxylation is 2. The SMILES string of the molecule is CCc1ccccc1Nc1nc(N)nc(CSc2nnc(C)n2Cc2ccccc2)n1. The van der Waals surface area contributed by atoms with Gasteiger partial charge < -0.3 is 15.6 Å². The van der Waals surface area contributed by atoms with Crippen LogP contribution in [-0.4, -0.2) is 29.7 Å². The summed E-state index contributed by atoms with van der Waals surface area (Å²) in [7, 11) is 0. The molecule has 4 rings (SSSR count). The van der Waals surface area contributed by atoms with Gasteiger partial charge in [0.25, 0.3) is 0 Å². The standard InChI is InChI=1S/C22H24N8S/c1-3-17-11-7-8-12-18(17)24-21-26-19(25-20(23)27-21)14-31-22-29-28-15(2)30(22)13-16-9-5-4-6-10-16/h4-12H,3,13-14H2,1-2H3,(H3,23,24,25,26,27). The lowest BCUT2D eigenvalue weighted by Crippen LogP contribution is -2.08. The molecule has 0 aliphatic carbocycles. The molecule has 0 aliphatic heterocycles. The Bertz CT molecular complexity index is 1160. The number of thioether (sulfide) groups is 1. The molecule has 0 fully saturated rings. The summed E-state index contributed by atoms with van der Waals surface area (Å²) in [6.07, 6.45) is 0.906. The van der Waals surface area contributed by atoms with E-state index >= 15 is 0 Å². The van der Waals surface area contributed by atoms with Crippen molar-refractivity contribution in [3.63, 3.8) is 0 Å². The summed E-state index contributed by atoms with van der Waals surface area (Å²) < 4.78 is 2.08. The Morgan fingerprint density at radius 3 is 2.55 bits per heavy atom. The fraction of sp³-hybridized carbons (Fsp3) is 0.227. The third-order valence-electron chi connectivity index (χ3n) is 4.76. The number of nitrogens with two attached hydrogens (primary N) is 1. The highest BCUT2D eigenvalue weighted by molar-refractivity contribution is 7.98. The molecule has 0 saturated carbocycles. The third-order valence-corrected chi connectivity index (χ3v) is 5.72. The second-order valence-corrected chi connectivity index (χ2v) is 7.90. The number of aromatic nitrogens is 6. The second-order valence-electron chi connectivity index (χ2n) is 6.96. The first-order chi connectivity index (χ1) is 15.1. The third kappa shape index (κ3) is 5.18. The largest absolute Gasteiger partial charge is 0.368 e. The van der Waals surface area contributed by atoms with Crippen LogP contribution in [0.25, 0.3) is 0 Å². The highest BCUT2D eigenvalue weighted by Crippen LogP contribution is 2.23. The number of nitrogens with one attached hydrogen (secondary N) is 1. The van der Waals surface area contributed by atoms with E-state index in [9.17, 15) is 0 Å². The zero-order chi connectivity index (χ0) is 21.6. The van der Waals surface area contributed by atoms with E-state index < -0.39 is 0 Å². The topological polar surface area (TPSA) is 107 Å². The molecule has 0 aliphatic rings. The van der Waals surface area contributed by atoms with Crippen molar-refractivity contribution in [3.05, 3.63) is 77.4 Å². The minimum absolute atomic E-state index is 0.184. The number of para-hydroxylation sites is 1. The molecule has 0 unspecified atom stereocenters. The summed E-state index contributed by atoms with van der Waals surface area (Å²) in [5.74, 6) is 2.57. The molecule has 158 valence electrons. The Kier molecular flexibility index (Phi) is 6.42. The second kappa shape index (κ2) is 9.57. The number of anilines is 3. The molecule has 4 aromatic rings. The van der Waals surface area contributed by atoms with Gasteiger partial charge in [-0.05, 0) is 30.5 Å². The van der Waals surface area contributed by atoms with Crippen LogP contribution in [0.3, 0.4) is 0 Å². The molecule has 2 aromatic carbocycles. The van der Waals surface area contributed by atoms with Gasteiger partial charge in [-0.15, -0.1) is 10.2 Å². The van der Waals surface area contributed by atoms with Gasteiger partial charge in [-0.1, -0.05) is 67.2 Å². The average molecular weight is 433 g/mol. The first kappa shape index (κ1) is 20.8. The fourth-order valence-electron chi connectivity index (χ4n) is 3.17. The summed E-state index contributed by atoms with van der Waals surface area (Å²) in [4.78, 5) is 13.1. The smallest absolute Gasteiger partial charge is 0.232 e. The summed E-state index contributed by atoms with van der Waals surface area (Å²) >= 11 is 1.52. The van der Waals surface area contributed by atoms with Gasteiger partial charge in [-0.3, -0.25) is 0 Å². The number of benzene rings is 2. The Morgan fingerprint density at radius 2 is 1.74 bits per heavy atom. The summed E-state index contributed by atoms with van der Waals surface area (Å²) in [6.45, 7) is 4.77. The number of nitrogen functional groups attached to an aromatic ring is 1. The van der Waals surface area contributed by atoms with E-state index in [4.69, 9.17) is 5.73 Å². The number of nitrogens with zero attached hydrogens (tertiary/aromatic N) is 6. The lowest BCUT2D eigenvalue weighted by atomic mass is 10.1. The van der Waals surface area contributed by atoms with Crippen molar-refractivity contribution in [3.8, 4) is 0 Å². The Morgan fingerprint density at radius 1 is 0.968 bits per heavy atom. The Hall–Kier alpha value is -3.46. The van der Waals surface area contributed by atoms with E-state index in [-0.39, 0.29) is 5.95 Å². The van der Waals surface area contributed by atoms with Gasteiger partial charge in [0.05, 0.1) is 12.3 Å². The first-order valence-electron chi connectivity index (χ1n) is 10.0. The minimum atomic E-state index is 0.184. The van der Waals surface area contributed by atoms with E-state index in [0.29, 0.717) is 24.1 Å². The first-order valence-corrected chi connectivity index (χ1v) is 11.0. The molecule has 31 heavy (non-hydrogen) atoms. The molecule has 3 N–H and O–H groups in total. The minimum Gasteiger partial charge on any atom is -0.368 e. The molecule has 0 radical (unpaired) electrons. The summed E-state index contributed by atoms with van der Waals surface area (Å²) in [5, 5.41) is 12.6. The van der Waals surface area contributed by atoms with Crippen LogP contribution in [-0.2, 0) is 18.7 Å². The van der Waals surface area contributed by atoms with Crippen molar-refractivity contribution in [2.24, 2.45) is 0 Å². The van der Waals surface area contributed by atoms with Crippen LogP contribution < -0.4 is 11.1 Å². The highest BCUT2D eigenvalue weighted by Gasteiger charge is 2.13. The molecule has 0 saturated heterocycles. The fourth-order valence-corrected chi connectivity index (χ4v) is 4.01. The van der Waals surface area contributed by atoms with Crippen LogP contribution in [0.4, 0.5) is 17.6 Å². The monoisotopic (exact) mass is 432 g/mol. The van der Waals surface area contributed by atoms with E-state index in [1.54, 1.807) is 0 Å². The van der Waals surface area contributed by atoms with E-state index in [2.05, 4.69) is 60.2 Å². The van der Waals surface area contributed by atoms with Gasteiger partial charge in [0.15, 0.2) is 5.16 Å². The zero-order valence-corrected chi connectivity index (χ0v) is 18.3. The maximum absolute atomic E-state index is 5.94. The van der Waals surface area contributed by atoms with E-state index in [1.807, 2.05) is 43.3 Å². The van der Waals surface area contributed by atoms with Crippen LogP contribution >= 0.6 is 11.8 Å². The van der Waals surface area contributed by atoms with Crippen LogP contribution in [0, 0.1) is 6.92 Å². The number of hydrogen-bond donors (Lipinski definition) is 2. The molecule has 8 nitrogen and oxygen atoms in total. The van der Waals surface area contributed by atoms with Gasteiger partial charge >= 0.3 is 0 Å². The van der Waals surface area contributed by atoms with Gasteiger partial charge in [0.1, 0.15) is 11.6 Å². The van der Waals surface area contributed by atoms with Crippen LogP contribution in [0.2, 0.25) is 0 Å². The normalized spacial score (nSPS) is 10.9. The van der Waals surface area contributed by atoms with Crippen LogP contribution in [0.1, 0.15) is 29.7 Å². The molecular weight excluding hydrogens is 408 g/mol. The van der Waals surface area contributed by atoms with Crippen molar-refractivity contribution < 1.29 is 0 Å². The molecule has 2 heterocycles. The lowest BCUT2D eigenvalue weighted by Gasteiger charge is -2.11. The Balaban J connectivity index is 1.50. The summed E-state index contributed by atoms with van der Waals surface area (Å²) in [5.41, 5.74) is 9.28. The van der Waals surface area contributed by atoms with Gasteiger partial charge in [-0.2, -0.15) is 15.0 Å². The molecule has 0 amide bonds. The van der Waals surface area contributed by atoms with E-state index in [1.165, 1.54) is 22.9 Å². The number of rotatable bonds is 8. The van der Waals surface area contributed by atoms with Crippen molar-refractivity contribution in [2.75, 3.05) is 11.1 Å². The summed E-state index contributed by atoms with van der Waals surface area (Å²) in [6, 6.07) is 18.3. The van der Waals surface area contributed by atoms with Crippen LogP contribution in [0.15, 0.2) is 59.8 Å². The van der Waals surface area contributed by atoms with Gasteiger partial charge in [0.2, 0.25) is 11.9 Å². The number of hydrogen-bond acceptors (Lipinski definition) is 8. The van der Waals surface area contributed by atoms with Gasteiger partial charge in [0, 0.05) is 5.69 Å². The Labute approximate surface area is 185 Å². The highest BCUT2D eigenvalue weighted by atomic mass is 32.2. The predicted molar refractivity (Wildman–Crippen MR) is 123 cm³/mol. The quantitative estimate of drug-likeness (QED) is 0.402. The van der Waals surface area contributed by atoms with Crippen molar-refractivity contribution >= 4 is 29.3 Å². The zero-order valence-electron chi connectivity index (χ0n) is 17.5. The molecular formula is C22H24N8S. The predicted octanol–water partition coefficient (Wildman–Crippen LogP) is 4.00. The van der Waals surface area contributed by atoms with Crippen LogP contribution in [0.5, 0.6) is 0 Å². The molecule has 9 heteroatoms. The van der Waals surface area contributed by atoms with Crippen molar-refractivity contribution in [1.29, 1.82) is 0 Å². The van der Waals surface area contributed by atoms with Crippen molar-refractivity contribution in [1.82, 2.24) is 29.7 Å². The maximum Gasteiger partial charge on any atom is 0.232 e. The van der Waals surface area contributed by atoms with Crippen molar-refractivity contribution in [2.45, 2.75) is 37.7 Å². The molecule has 0 atom stereocenters. The average Bonchev–Trinajstić information content (AvgIpc) is 3.12. The molecule has 2 aromatic heterocycles. The van der Waals surface area contributed by atoms with Gasteiger partial charge in [-0.25, -0.2) is 0 Å². The molecule has 0 bridgehead atoms.